The second-order valence-electron chi connectivity index (χ2n) is 5.93. The zero-order valence-corrected chi connectivity index (χ0v) is 11.4. The van der Waals surface area contributed by atoms with Gasteiger partial charge in [0.25, 0.3) is 0 Å². The van der Waals surface area contributed by atoms with Crippen molar-refractivity contribution in [2.45, 2.75) is 57.8 Å². The van der Waals surface area contributed by atoms with Gasteiger partial charge in [-0.3, -0.25) is 4.90 Å². The van der Waals surface area contributed by atoms with Crippen LogP contribution in [-0.2, 0) is 13.1 Å². The van der Waals surface area contributed by atoms with Gasteiger partial charge < -0.3 is 9.84 Å². The van der Waals surface area contributed by atoms with Gasteiger partial charge in [0.15, 0.2) is 5.76 Å². The zero-order valence-electron chi connectivity index (χ0n) is 11.4. The molecule has 1 N–H and O–H groups in total. The minimum absolute atomic E-state index is 0.656. The van der Waals surface area contributed by atoms with Crippen LogP contribution in [0.4, 0.5) is 0 Å². The largest absolute Gasteiger partial charge is 0.360 e. The molecular weight excluding hydrogens is 226 g/mol. The van der Waals surface area contributed by atoms with E-state index >= 15 is 0 Å². The molecule has 2 fully saturated rings. The van der Waals surface area contributed by atoms with Crippen LogP contribution in [0, 0.1) is 5.92 Å². The maximum Gasteiger partial charge on any atom is 0.151 e. The Hall–Kier alpha value is -0.870. The van der Waals surface area contributed by atoms with E-state index in [4.69, 9.17) is 4.52 Å². The topological polar surface area (TPSA) is 41.3 Å². The molecule has 4 nitrogen and oxygen atoms in total. The molecule has 3 rings (SSSR count). The van der Waals surface area contributed by atoms with Crippen molar-refractivity contribution in [2.75, 3.05) is 7.05 Å². The highest BCUT2D eigenvalue weighted by Crippen LogP contribution is 2.35. The first-order valence-corrected chi connectivity index (χ1v) is 7.10. The zero-order chi connectivity index (χ0) is 12.5. The summed E-state index contributed by atoms with van der Waals surface area (Å²) < 4.78 is 5.41. The van der Waals surface area contributed by atoms with E-state index in [9.17, 15) is 0 Å². The van der Waals surface area contributed by atoms with Crippen LogP contribution in [0.5, 0.6) is 0 Å². The summed E-state index contributed by atoms with van der Waals surface area (Å²) in [4.78, 5) is 2.37. The average molecular weight is 249 g/mol. The molecule has 1 atom stereocenters. The quantitative estimate of drug-likeness (QED) is 0.804. The summed E-state index contributed by atoms with van der Waals surface area (Å²) in [5.74, 6) is 1.88. The Bertz CT molecular complexity index is 395. The summed E-state index contributed by atoms with van der Waals surface area (Å²) in [5.41, 5.74) is 1.03. The van der Waals surface area contributed by atoms with E-state index in [0.717, 1.165) is 36.5 Å². The maximum atomic E-state index is 5.41. The number of hydrogen-bond acceptors (Lipinski definition) is 4. The molecule has 0 aromatic carbocycles. The number of rotatable bonds is 7. The SMILES string of the molecule is CC(C1CC1)N(C)Cc1cc(CNC2CC2)no1. The van der Waals surface area contributed by atoms with Crippen molar-refractivity contribution in [1.29, 1.82) is 0 Å². The summed E-state index contributed by atoms with van der Waals surface area (Å²) in [6.07, 6.45) is 5.40. The number of nitrogens with one attached hydrogen (secondary N) is 1. The highest BCUT2D eigenvalue weighted by atomic mass is 16.5. The van der Waals surface area contributed by atoms with Gasteiger partial charge in [0.05, 0.1) is 12.2 Å². The lowest BCUT2D eigenvalue weighted by molar-refractivity contribution is 0.201. The second kappa shape index (κ2) is 5.02. The first-order valence-electron chi connectivity index (χ1n) is 7.10. The van der Waals surface area contributed by atoms with Gasteiger partial charge in [-0.25, -0.2) is 0 Å². The van der Waals surface area contributed by atoms with E-state index in [2.05, 4.69) is 35.4 Å². The lowest BCUT2D eigenvalue weighted by Gasteiger charge is -2.22. The Balaban J connectivity index is 1.48. The van der Waals surface area contributed by atoms with E-state index < -0.39 is 0 Å². The third-order valence-electron chi connectivity index (χ3n) is 4.16. The molecule has 4 heteroatoms. The van der Waals surface area contributed by atoms with Crippen LogP contribution in [0.3, 0.4) is 0 Å². The summed E-state index contributed by atoms with van der Waals surface area (Å²) in [6.45, 7) is 4.02. The number of nitrogens with zero attached hydrogens (tertiary/aromatic N) is 2. The van der Waals surface area contributed by atoms with Crippen molar-refractivity contribution < 1.29 is 4.52 Å². The highest BCUT2D eigenvalue weighted by molar-refractivity contribution is 5.06. The maximum absolute atomic E-state index is 5.41. The molecule has 0 aliphatic heterocycles. The molecule has 1 unspecified atom stereocenters. The summed E-state index contributed by atoms with van der Waals surface area (Å²) in [6, 6.07) is 3.47. The molecule has 1 aromatic rings. The van der Waals surface area contributed by atoms with Crippen molar-refractivity contribution >= 4 is 0 Å². The fourth-order valence-electron chi connectivity index (χ4n) is 2.38. The molecule has 2 saturated carbocycles. The monoisotopic (exact) mass is 249 g/mol. The fraction of sp³-hybridized carbons (Fsp3) is 0.786. The minimum atomic E-state index is 0.656. The van der Waals surface area contributed by atoms with Gasteiger partial charge in [0.1, 0.15) is 0 Å². The molecule has 0 radical (unpaired) electrons. The third-order valence-corrected chi connectivity index (χ3v) is 4.16. The molecule has 2 aliphatic rings. The van der Waals surface area contributed by atoms with E-state index in [1.165, 1.54) is 25.7 Å². The molecule has 2 aliphatic carbocycles. The standard InChI is InChI=1S/C14H23N3O/c1-10(11-3-4-11)17(2)9-14-7-13(16-18-14)8-15-12-5-6-12/h7,10-12,15H,3-6,8-9H2,1-2H3. The van der Waals surface area contributed by atoms with Gasteiger partial charge in [0, 0.05) is 24.7 Å². The van der Waals surface area contributed by atoms with Gasteiger partial charge >= 0.3 is 0 Å². The molecule has 100 valence electrons. The second-order valence-corrected chi connectivity index (χ2v) is 5.93. The highest BCUT2D eigenvalue weighted by Gasteiger charge is 2.30. The van der Waals surface area contributed by atoms with E-state index in [0.29, 0.717) is 6.04 Å². The molecule has 0 bridgehead atoms. The van der Waals surface area contributed by atoms with E-state index in [1.54, 1.807) is 0 Å². The van der Waals surface area contributed by atoms with Gasteiger partial charge in [-0.1, -0.05) is 5.16 Å². The fourth-order valence-corrected chi connectivity index (χ4v) is 2.38. The predicted octanol–water partition coefficient (Wildman–Crippen LogP) is 2.16. The smallest absolute Gasteiger partial charge is 0.151 e. The van der Waals surface area contributed by atoms with Gasteiger partial charge in [0.2, 0.25) is 0 Å². The molecule has 1 heterocycles. The lowest BCUT2D eigenvalue weighted by atomic mass is 10.2. The molecular formula is C14H23N3O. The minimum Gasteiger partial charge on any atom is -0.360 e. The Kier molecular flexibility index (Phi) is 3.39. The van der Waals surface area contributed by atoms with Crippen LogP contribution < -0.4 is 5.32 Å². The van der Waals surface area contributed by atoms with Crippen LogP contribution in [-0.4, -0.2) is 29.2 Å². The van der Waals surface area contributed by atoms with Crippen LogP contribution in [0.25, 0.3) is 0 Å². The van der Waals surface area contributed by atoms with Crippen molar-refractivity contribution in [2.24, 2.45) is 5.92 Å². The van der Waals surface area contributed by atoms with Gasteiger partial charge in [-0.15, -0.1) is 0 Å². The summed E-state index contributed by atoms with van der Waals surface area (Å²) >= 11 is 0. The molecule has 0 spiro atoms. The predicted molar refractivity (Wildman–Crippen MR) is 70.0 cm³/mol. The van der Waals surface area contributed by atoms with Crippen LogP contribution in [0.2, 0.25) is 0 Å². The van der Waals surface area contributed by atoms with E-state index in [1.807, 2.05) is 0 Å². The van der Waals surface area contributed by atoms with Crippen molar-refractivity contribution in [1.82, 2.24) is 15.4 Å². The Morgan fingerprint density at radius 2 is 2.22 bits per heavy atom. The van der Waals surface area contributed by atoms with Crippen molar-refractivity contribution in [3.05, 3.63) is 17.5 Å². The van der Waals surface area contributed by atoms with Crippen LogP contribution >= 0.6 is 0 Å². The van der Waals surface area contributed by atoms with Crippen molar-refractivity contribution in [3.63, 3.8) is 0 Å². The third kappa shape index (κ3) is 3.12. The first-order chi connectivity index (χ1) is 8.72. The summed E-state index contributed by atoms with van der Waals surface area (Å²) in [5, 5.41) is 7.58. The van der Waals surface area contributed by atoms with Crippen LogP contribution in [0.15, 0.2) is 10.6 Å². The lowest BCUT2D eigenvalue weighted by Crippen LogP contribution is -2.30. The van der Waals surface area contributed by atoms with Gasteiger partial charge in [-0.2, -0.15) is 0 Å². The first kappa shape index (κ1) is 12.2. The average Bonchev–Trinajstić information content (AvgIpc) is 3.26. The normalized spacial score (nSPS) is 21.5. The number of hydrogen-bond donors (Lipinski definition) is 1. The Labute approximate surface area is 109 Å². The van der Waals surface area contributed by atoms with Crippen LogP contribution in [0.1, 0.15) is 44.1 Å². The summed E-state index contributed by atoms with van der Waals surface area (Å²) in [7, 11) is 2.17. The van der Waals surface area contributed by atoms with Gasteiger partial charge in [-0.05, 0) is 45.6 Å². The van der Waals surface area contributed by atoms with Crippen molar-refractivity contribution in [3.8, 4) is 0 Å². The number of aromatic nitrogens is 1. The molecule has 0 saturated heterocycles. The Morgan fingerprint density at radius 1 is 1.44 bits per heavy atom. The van der Waals surface area contributed by atoms with E-state index in [-0.39, 0.29) is 0 Å². The Morgan fingerprint density at radius 3 is 2.89 bits per heavy atom. The molecule has 1 aromatic heterocycles. The molecule has 18 heavy (non-hydrogen) atoms. The molecule has 0 amide bonds.